The molecule has 2 amide bonds. The van der Waals surface area contributed by atoms with Crippen LogP contribution in [-0.2, 0) is 16.2 Å². The zero-order valence-electron chi connectivity index (χ0n) is 20.2. The fraction of sp³-hybridized carbons (Fsp3) is 0.259. The van der Waals surface area contributed by atoms with Crippen LogP contribution >= 0.6 is 11.6 Å². The summed E-state index contributed by atoms with van der Waals surface area (Å²) in [4.78, 5) is 27.2. The van der Waals surface area contributed by atoms with Crippen LogP contribution in [0, 0.1) is 25.6 Å². The molecular weight excluding hydrogens is 485 g/mol. The van der Waals surface area contributed by atoms with Gasteiger partial charge in [-0.25, -0.2) is 4.39 Å². The van der Waals surface area contributed by atoms with Gasteiger partial charge in [0.1, 0.15) is 12.4 Å². The van der Waals surface area contributed by atoms with Crippen LogP contribution < -0.4 is 25.2 Å². The van der Waals surface area contributed by atoms with Crippen LogP contribution in [0.1, 0.15) is 23.1 Å². The molecule has 2 N–H and O–H groups in total. The molecule has 0 radical (unpaired) electrons. The second-order valence-corrected chi connectivity index (χ2v) is 9.02. The van der Waals surface area contributed by atoms with Crippen LogP contribution in [0.25, 0.3) is 0 Å². The van der Waals surface area contributed by atoms with Gasteiger partial charge < -0.3 is 14.4 Å². The average Bonchev–Trinajstić information content (AvgIpc) is 3.25. The van der Waals surface area contributed by atoms with Crippen LogP contribution in [0.5, 0.6) is 11.5 Å². The van der Waals surface area contributed by atoms with Gasteiger partial charge in [-0.15, -0.1) is 0 Å². The first-order valence-electron chi connectivity index (χ1n) is 11.4. The maximum absolute atomic E-state index is 14.2. The summed E-state index contributed by atoms with van der Waals surface area (Å²) in [5, 5.41) is 0.243. The van der Waals surface area contributed by atoms with E-state index in [9.17, 15) is 14.0 Å². The number of hydrazine groups is 1. The molecule has 1 heterocycles. The number of hydrogen-bond acceptors (Lipinski definition) is 5. The first kappa shape index (κ1) is 25.3. The number of methoxy groups -OCH3 is 1. The Bertz CT molecular complexity index is 1280. The highest BCUT2D eigenvalue weighted by atomic mass is 35.5. The van der Waals surface area contributed by atoms with E-state index in [1.165, 1.54) is 19.2 Å². The molecular formula is C27H27ClFN3O4. The van der Waals surface area contributed by atoms with Gasteiger partial charge >= 0.3 is 0 Å². The number of anilines is 2. The van der Waals surface area contributed by atoms with Crippen molar-refractivity contribution in [2.45, 2.75) is 26.9 Å². The molecule has 1 atom stereocenters. The zero-order chi connectivity index (χ0) is 25.8. The van der Waals surface area contributed by atoms with Gasteiger partial charge in [0, 0.05) is 24.2 Å². The van der Waals surface area contributed by atoms with Crippen molar-refractivity contribution >= 4 is 34.8 Å². The number of carbonyl (C=O) groups is 2. The van der Waals surface area contributed by atoms with E-state index in [0.717, 1.165) is 16.8 Å². The van der Waals surface area contributed by atoms with E-state index in [1.54, 1.807) is 29.2 Å². The number of aryl methyl sites for hydroxylation is 2. The number of nitrogens with one attached hydrogen (secondary N) is 2. The molecule has 0 aliphatic carbocycles. The Labute approximate surface area is 214 Å². The van der Waals surface area contributed by atoms with E-state index in [1.807, 2.05) is 32.0 Å². The Morgan fingerprint density at radius 1 is 1.14 bits per heavy atom. The molecule has 9 heteroatoms. The second kappa shape index (κ2) is 10.9. The third kappa shape index (κ3) is 5.39. The van der Waals surface area contributed by atoms with Gasteiger partial charge in [-0.3, -0.25) is 20.4 Å². The molecule has 3 aromatic rings. The van der Waals surface area contributed by atoms with E-state index >= 15 is 0 Å². The molecule has 1 aliphatic heterocycles. The highest BCUT2D eigenvalue weighted by molar-refractivity contribution is 6.31. The van der Waals surface area contributed by atoms with Gasteiger partial charge in [0.05, 0.1) is 23.7 Å². The molecule has 0 aromatic heterocycles. The molecule has 1 aliphatic rings. The summed E-state index contributed by atoms with van der Waals surface area (Å²) in [7, 11) is 1.48. The number of carbonyl (C=O) groups excluding carboxylic acids is 2. The van der Waals surface area contributed by atoms with Gasteiger partial charge in [0.15, 0.2) is 11.5 Å². The van der Waals surface area contributed by atoms with Crippen LogP contribution in [-0.4, -0.2) is 25.5 Å². The molecule has 36 heavy (non-hydrogen) atoms. The number of para-hydroxylation sites is 1. The molecule has 0 spiro atoms. The van der Waals surface area contributed by atoms with Crippen molar-refractivity contribution in [1.82, 2.24) is 5.43 Å². The van der Waals surface area contributed by atoms with Gasteiger partial charge in [-0.05, 0) is 61.4 Å². The Kier molecular flexibility index (Phi) is 7.64. The second-order valence-electron chi connectivity index (χ2n) is 8.61. The minimum absolute atomic E-state index is 0.105. The van der Waals surface area contributed by atoms with Crippen LogP contribution in [0.3, 0.4) is 0 Å². The number of nitrogens with zero attached hydrogens (tertiary/aromatic N) is 1. The molecule has 0 unspecified atom stereocenters. The number of halogens is 2. The quantitative estimate of drug-likeness (QED) is 0.407. The Morgan fingerprint density at radius 3 is 2.64 bits per heavy atom. The molecule has 0 bridgehead atoms. The minimum Gasteiger partial charge on any atom is -0.493 e. The van der Waals surface area contributed by atoms with Gasteiger partial charge in [0.2, 0.25) is 11.8 Å². The lowest BCUT2D eigenvalue weighted by molar-refractivity contribution is -0.125. The predicted octanol–water partition coefficient (Wildman–Crippen LogP) is 5.18. The number of hydrogen-bond donors (Lipinski definition) is 2. The van der Waals surface area contributed by atoms with Gasteiger partial charge in [-0.2, -0.15) is 0 Å². The van der Waals surface area contributed by atoms with E-state index in [-0.39, 0.29) is 47.7 Å². The number of amides is 2. The maximum Gasteiger partial charge on any atom is 0.243 e. The summed E-state index contributed by atoms with van der Waals surface area (Å²) < 4.78 is 25.4. The number of rotatable bonds is 8. The topological polar surface area (TPSA) is 79.9 Å². The maximum atomic E-state index is 14.2. The average molecular weight is 512 g/mol. The van der Waals surface area contributed by atoms with Crippen molar-refractivity contribution in [3.8, 4) is 11.5 Å². The van der Waals surface area contributed by atoms with Crippen molar-refractivity contribution in [2.75, 3.05) is 24.0 Å². The Morgan fingerprint density at radius 2 is 1.92 bits per heavy atom. The number of benzene rings is 3. The molecule has 7 nitrogen and oxygen atoms in total. The monoisotopic (exact) mass is 511 g/mol. The SMILES string of the molecule is COc1cccc(NNC(=O)[C@@H]2CC(=O)N(c3ccc(C)c(C)c3)C2)c1OCc1c(F)cccc1Cl. The Hall–Kier alpha value is -3.78. The zero-order valence-corrected chi connectivity index (χ0v) is 21.0. The van der Waals surface area contributed by atoms with E-state index < -0.39 is 11.7 Å². The van der Waals surface area contributed by atoms with Gasteiger partial charge in [0.25, 0.3) is 0 Å². The molecule has 3 aromatic carbocycles. The molecule has 1 fully saturated rings. The molecule has 1 saturated heterocycles. The molecule has 4 rings (SSSR count). The number of ether oxygens (including phenoxy) is 2. The summed E-state index contributed by atoms with van der Waals surface area (Å²) in [6.45, 7) is 4.13. The van der Waals surface area contributed by atoms with E-state index in [0.29, 0.717) is 11.4 Å². The lowest BCUT2D eigenvalue weighted by atomic mass is 10.1. The van der Waals surface area contributed by atoms with E-state index in [4.69, 9.17) is 21.1 Å². The first-order chi connectivity index (χ1) is 17.3. The fourth-order valence-electron chi connectivity index (χ4n) is 4.00. The van der Waals surface area contributed by atoms with Crippen LogP contribution in [0.15, 0.2) is 54.6 Å². The lowest BCUT2D eigenvalue weighted by Crippen LogP contribution is -2.36. The summed E-state index contributed by atoms with van der Waals surface area (Å²) >= 11 is 6.11. The smallest absolute Gasteiger partial charge is 0.243 e. The summed E-state index contributed by atoms with van der Waals surface area (Å²) in [6.07, 6.45) is 0.105. The standard InChI is InChI=1S/C27H27ClFN3O4/c1-16-10-11-19(12-17(16)2)32-14-18(13-25(32)33)27(34)31-30-23-8-5-9-24(35-3)26(23)36-15-20-21(28)6-4-7-22(20)29/h4-12,18,30H,13-15H2,1-3H3,(H,31,34)/t18-/m1/s1. The van der Waals surface area contributed by atoms with Crippen molar-refractivity contribution < 1.29 is 23.5 Å². The Balaban J connectivity index is 1.44. The van der Waals surface area contributed by atoms with E-state index in [2.05, 4.69) is 10.9 Å². The fourth-order valence-corrected chi connectivity index (χ4v) is 4.21. The summed E-state index contributed by atoms with van der Waals surface area (Å²) in [5.74, 6) is -0.790. The normalized spacial score (nSPS) is 15.1. The summed E-state index contributed by atoms with van der Waals surface area (Å²) in [6, 6.07) is 15.3. The van der Waals surface area contributed by atoms with Crippen molar-refractivity contribution in [3.05, 3.63) is 82.1 Å². The molecule has 0 saturated carbocycles. The van der Waals surface area contributed by atoms with Crippen molar-refractivity contribution in [2.24, 2.45) is 5.92 Å². The van der Waals surface area contributed by atoms with Crippen molar-refractivity contribution in [1.29, 1.82) is 0 Å². The first-order valence-corrected chi connectivity index (χ1v) is 11.8. The van der Waals surface area contributed by atoms with Crippen LogP contribution in [0.4, 0.5) is 15.8 Å². The predicted molar refractivity (Wildman–Crippen MR) is 137 cm³/mol. The molecule has 188 valence electrons. The summed E-state index contributed by atoms with van der Waals surface area (Å²) in [5.41, 5.74) is 9.13. The third-order valence-corrected chi connectivity index (χ3v) is 6.59. The van der Waals surface area contributed by atoms with Crippen LogP contribution in [0.2, 0.25) is 5.02 Å². The highest BCUT2D eigenvalue weighted by Crippen LogP contribution is 2.36. The van der Waals surface area contributed by atoms with Crippen molar-refractivity contribution in [3.63, 3.8) is 0 Å². The van der Waals surface area contributed by atoms with Gasteiger partial charge in [-0.1, -0.05) is 29.8 Å². The highest BCUT2D eigenvalue weighted by Gasteiger charge is 2.35. The third-order valence-electron chi connectivity index (χ3n) is 6.24. The minimum atomic E-state index is -0.529. The lowest BCUT2D eigenvalue weighted by Gasteiger charge is -2.19. The largest absolute Gasteiger partial charge is 0.493 e.